The van der Waals surface area contributed by atoms with Crippen molar-refractivity contribution in [3.8, 4) is 5.75 Å². The molecule has 2 N–H and O–H groups in total. The molecule has 0 amide bonds. The number of primary sulfonamides is 1. The Morgan fingerprint density at radius 1 is 1.10 bits per heavy atom. The zero-order valence-corrected chi connectivity index (χ0v) is 11.1. The lowest BCUT2D eigenvalue weighted by atomic mass is 10.3. The second-order valence-electron chi connectivity index (χ2n) is 3.78. The van der Waals surface area contributed by atoms with Crippen LogP contribution < -0.4 is 9.88 Å². The number of hydrogen-bond acceptors (Lipinski definition) is 4. The lowest BCUT2D eigenvalue weighted by Gasteiger charge is -2.11. The molecule has 0 fully saturated rings. The van der Waals surface area contributed by atoms with Crippen molar-refractivity contribution in [2.75, 3.05) is 19.8 Å². The molecule has 1 rings (SSSR count). The highest BCUT2D eigenvalue weighted by Crippen LogP contribution is 2.25. The third-order valence-electron chi connectivity index (χ3n) is 2.04. The molecule has 21 heavy (non-hydrogen) atoms. The summed E-state index contributed by atoms with van der Waals surface area (Å²) in [5, 5.41) is 4.70. The number of halogens is 5. The molecule has 0 saturated carbocycles. The van der Waals surface area contributed by atoms with Gasteiger partial charge in [-0.2, -0.15) is 13.2 Å². The zero-order valence-electron chi connectivity index (χ0n) is 10.3. The lowest BCUT2D eigenvalue weighted by molar-refractivity contribution is -0.175. The average Bonchev–Trinajstić information content (AvgIpc) is 2.28. The summed E-state index contributed by atoms with van der Waals surface area (Å²) in [4.78, 5) is -0.793. The molecule has 1 aromatic rings. The molecule has 0 saturated heterocycles. The van der Waals surface area contributed by atoms with Crippen LogP contribution in [-0.2, 0) is 14.8 Å². The van der Waals surface area contributed by atoms with E-state index in [1.807, 2.05) is 0 Å². The number of alkyl halides is 3. The SMILES string of the molecule is NS(=O)(=O)c1cc(F)c(OCCOCC(F)(F)F)c(F)c1. The maximum absolute atomic E-state index is 13.4. The van der Waals surface area contributed by atoms with E-state index in [-0.39, 0.29) is 0 Å². The fourth-order valence-corrected chi connectivity index (χ4v) is 1.76. The van der Waals surface area contributed by atoms with E-state index in [4.69, 9.17) is 5.14 Å². The van der Waals surface area contributed by atoms with Crippen LogP contribution in [0.4, 0.5) is 22.0 Å². The Hall–Kier alpha value is -1.46. The van der Waals surface area contributed by atoms with Crippen molar-refractivity contribution in [2.45, 2.75) is 11.1 Å². The number of ether oxygens (including phenoxy) is 2. The quantitative estimate of drug-likeness (QED) is 0.632. The van der Waals surface area contributed by atoms with Gasteiger partial charge in [-0.15, -0.1) is 0 Å². The number of benzene rings is 1. The molecule has 0 bridgehead atoms. The van der Waals surface area contributed by atoms with Crippen molar-refractivity contribution in [3.63, 3.8) is 0 Å². The van der Waals surface area contributed by atoms with Gasteiger partial charge >= 0.3 is 6.18 Å². The minimum absolute atomic E-state index is 0.435. The summed E-state index contributed by atoms with van der Waals surface area (Å²) in [6.07, 6.45) is -4.52. The second-order valence-corrected chi connectivity index (χ2v) is 5.34. The van der Waals surface area contributed by atoms with Crippen LogP contribution in [0, 0.1) is 11.6 Å². The Labute approximate surface area is 116 Å². The first-order valence-corrected chi connectivity index (χ1v) is 6.84. The van der Waals surface area contributed by atoms with Crippen LogP contribution in [0.3, 0.4) is 0 Å². The average molecular weight is 335 g/mol. The Morgan fingerprint density at radius 2 is 1.62 bits per heavy atom. The van der Waals surface area contributed by atoms with Crippen LogP contribution in [0.5, 0.6) is 5.75 Å². The van der Waals surface area contributed by atoms with Crippen LogP contribution >= 0.6 is 0 Å². The Balaban J connectivity index is 2.65. The summed E-state index contributed by atoms with van der Waals surface area (Å²) in [7, 11) is -4.30. The van der Waals surface area contributed by atoms with Crippen LogP contribution in [0.2, 0.25) is 0 Å². The van der Waals surface area contributed by atoms with Crippen molar-refractivity contribution in [3.05, 3.63) is 23.8 Å². The molecule has 1 aromatic carbocycles. The van der Waals surface area contributed by atoms with Gasteiger partial charge in [-0.1, -0.05) is 0 Å². The van der Waals surface area contributed by atoms with E-state index in [1.165, 1.54) is 0 Å². The number of sulfonamides is 1. The summed E-state index contributed by atoms with van der Waals surface area (Å²) in [5.74, 6) is -3.64. The molecule has 5 nitrogen and oxygen atoms in total. The maximum atomic E-state index is 13.4. The van der Waals surface area contributed by atoms with E-state index in [1.54, 1.807) is 0 Å². The van der Waals surface area contributed by atoms with E-state index in [0.717, 1.165) is 0 Å². The zero-order chi connectivity index (χ0) is 16.3. The number of rotatable bonds is 6. The van der Waals surface area contributed by atoms with Gasteiger partial charge in [0.25, 0.3) is 0 Å². The number of nitrogens with two attached hydrogens (primary N) is 1. The molecule has 0 atom stereocenters. The highest BCUT2D eigenvalue weighted by molar-refractivity contribution is 7.89. The van der Waals surface area contributed by atoms with Gasteiger partial charge in [-0.3, -0.25) is 0 Å². The third-order valence-corrected chi connectivity index (χ3v) is 2.93. The maximum Gasteiger partial charge on any atom is 0.411 e. The van der Waals surface area contributed by atoms with Crippen molar-refractivity contribution >= 4 is 10.0 Å². The first-order valence-electron chi connectivity index (χ1n) is 5.30. The standard InChI is InChI=1S/C10H10F5NO4S/c11-7-3-6(21(16,17)18)4-8(12)9(7)20-2-1-19-5-10(13,14)15/h3-4H,1-2,5H2,(H2,16,17,18). The molecule has 0 aliphatic rings. The Kier molecular flexibility index (Phi) is 5.48. The molecule has 120 valence electrons. The second kappa shape index (κ2) is 6.54. The molecule has 0 aliphatic heterocycles. The van der Waals surface area contributed by atoms with Gasteiger partial charge in [-0.05, 0) is 12.1 Å². The summed E-state index contributed by atoms with van der Waals surface area (Å²) in [6.45, 7) is -2.64. The molecule has 0 heterocycles. The predicted octanol–water partition coefficient (Wildman–Crippen LogP) is 1.57. The first-order chi connectivity index (χ1) is 9.50. The Bertz CT molecular complexity index is 579. The smallest absolute Gasteiger partial charge is 0.411 e. The summed E-state index contributed by atoms with van der Waals surface area (Å²) in [5.41, 5.74) is 0. The molecular formula is C10H10F5NO4S. The van der Waals surface area contributed by atoms with E-state index >= 15 is 0 Å². The van der Waals surface area contributed by atoms with Gasteiger partial charge in [0.05, 0.1) is 11.5 Å². The highest BCUT2D eigenvalue weighted by atomic mass is 32.2. The van der Waals surface area contributed by atoms with Crippen LogP contribution in [0.25, 0.3) is 0 Å². The fourth-order valence-electron chi connectivity index (χ4n) is 1.23. The first kappa shape index (κ1) is 17.6. The molecule has 11 heteroatoms. The van der Waals surface area contributed by atoms with Gasteiger partial charge in [0.2, 0.25) is 10.0 Å². The summed E-state index contributed by atoms with van der Waals surface area (Å²) < 4.78 is 92.7. The monoisotopic (exact) mass is 335 g/mol. The van der Waals surface area contributed by atoms with E-state index in [0.29, 0.717) is 12.1 Å². The van der Waals surface area contributed by atoms with Crippen molar-refractivity contribution in [1.29, 1.82) is 0 Å². The van der Waals surface area contributed by atoms with Gasteiger partial charge in [0.15, 0.2) is 17.4 Å². The van der Waals surface area contributed by atoms with Crippen molar-refractivity contribution in [1.82, 2.24) is 0 Å². The molecular weight excluding hydrogens is 325 g/mol. The minimum Gasteiger partial charge on any atom is -0.485 e. The van der Waals surface area contributed by atoms with Gasteiger partial charge < -0.3 is 9.47 Å². The molecule has 0 aliphatic carbocycles. The highest BCUT2D eigenvalue weighted by Gasteiger charge is 2.27. The van der Waals surface area contributed by atoms with Crippen LogP contribution in [-0.4, -0.2) is 34.4 Å². The van der Waals surface area contributed by atoms with Crippen LogP contribution in [0.15, 0.2) is 17.0 Å². The molecule has 0 unspecified atom stereocenters. The largest absolute Gasteiger partial charge is 0.485 e. The Morgan fingerprint density at radius 3 is 2.05 bits per heavy atom. The van der Waals surface area contributed by atoms with E-state index in [2.05, 4.69) is 9.47 Å². The fraction of sp³-hybridized carbons (Fsp3) is 0.400. The van der Waals surface area contributed by atoms with Crippen molar-refractivity contribution < 1.29 is 39.8 Å². The molecule has 0 aromatic heterocycles. The normalized spacial score (nSPS) is 12.5. The molecule has 0 radical (unpaired) electrons. The van der Waals surface area contributed by atoms with Crippen molar-refractivity contribution in [2.24, 2.45) is 5.14 Å². The predicted molar refractivity (Wildman–Crippen MR) is 60.1 cm³/mol. The van der Waals surface area contributed by atoms with E-state index < -0.39 is 58.3 Å². The summed E-state index contributed by atoms with van der Waals surface area (Å²) >= 11 is 0. The summed E-state index contributed by atoms with van der Waals surface area (Å²) in [6, 6.07) is 0.870. The van der Waals surface area contributed by atoms with E-state index in [9.17, 15) is 30.4 Å². The van der Waals surface area contributed by atoms with Gasteiger partial charge in [-0.25, -0.2) is 22.3 Å². The third kappa shape index (κ3) is 5.81. The topological polar surface area (TPSA) is 78.6 Å². The van der Waals surface area contributed by atoms with Crippen LogP contribution in [0.1, 0.15) is 0 Å². The minimum atomic E-state index is -4.52. The lowest BCUT2D eigenvalue weighted by Crippen LogP contribution is -2.20. The number of hydrogen-bond donors (Lipinski definition) is 1. The van der Waals surface area contributed by atoms with Gasteiger partial charge in [0.1, 0.15) is 13.2 Å². The molecule has 0 spiro atoms. The van der Waals surface area contributed by atoms with Gasteiger partial charge in [0, 0.05) is 0 Å².